The van der Waals surface area contributed by atoms with E-state index in [2.05, 4.69) is 5.09 Å². The van der Waals surface area contributed by atoms with Crippen LogP contribution in [0.4, 0.5) is 4.39 Å². The van der Waals surface area contributed by atoms with Gasteiger partial charge in [-0.2, -0.15) is 9.48 Å². The lowest BCUT2D eigenvalue weighted by Gasteiger charge is -2.31. The topological polar surface area (TPSA) is 158 Å². The zero-order chi connectivity index (χ0) is 31.6. The highest BCUT2D eigenvalue weighted by molar-refractivity contribution is 7.52. The molecule has 1 aliphatic carbocycles. The van der Waals surface area contributed by atoms with Crippen molar-refractivity contribution in [1.29, 1.82) is 0 Å². The van der Waals surface area contributed by atoms with Crippen molar-refractivity contribution in [2.24, 2.45) is 5.92 Å². The molecule has 14 heteroatoms. The second-order valence-corrected chi connectivity index (χ2v) is 13.0. The number of aromatic nitrogens is 2. The first-order valence-electron chi connectivity index (χ1n) is 14.7. The number of fused-ring (bicyclic) bond motifs is 1. The van der Waals surface area contributed by atoms with Gasteiger partial charge >= 0.3 is 19.4 Å². The third-order valence-electron chi connectivity index (χ3n) is 8.18. The van der Waals surface area contributed by atoms with Crippen molar-refractivity contribution in [3.8, 4) is 5.75 Å². The molecule has 2 aromatic carbocycles. The molecule has 3 aromatic rings. The predicted octanol–water partition coefficient (Wildman–Crippen LogP) is 4.17. The molecule has 1 aliphatic heterocycles. The van der Waals surface area contributed by atoms with Crippen molar-refractivity contribution < 1.29 is 37.4 Å². The van der Waals surface area contributed by atoms with Crippen molar-refractivity contribution in [3.63, 3.8) is 0 Å². The molecule has 1 aromatic heterocycles. The van der Waals surface area contributed by atoms with E-state index in [1.165, 1.54) is 6.92 Å². The Morgan fingerprint density at radius 2 is 1.91 bits per heavy atom. The summed E-state index contributed by atoms with van der Waals surface area (Å²) in [4.78, 5) is 38.6. The quantitative estimate of drug-likeness (QED) is 0.184. The molecule has 5 atom stereocenters. The summed E-state index contributed by atoms with van der Waals surface area (Å²) in [5.74, 6) is -1.39. The monoisotopic (exact) mass is 633 g/mol. The van der Waals surface area contributed by atoms with Crippen molar-refractivity contribution in [2.45, 2.75) is 83.0 Å². The fraction of sp³-hybridized carbons (Fsp3) is 0.500. The summed E-state index contributed by atoms with van der Waals surface area (Å²) in [6, 6.07) is 11.5. The van der Waals surface area contributed by atoms with E-state index >= 15 is 0 Å². The predicted molar refractivity (Wildman–Crippen MR) is 159 cm³/mol. The van der Waals surface area contributed by atoms with E-state index in [4.69, 9.17) is 18.5 Å². The van der Waals surface area contributed by atoms with Crippen LogP contribution >= 0.6 is 7.75 Å². The van der Waals surface area contributed by atoms with Gasteiger partial charge in [0.25, 0.3) is 5.56 Å². The van der Waals surface area contributed by atoms with Gasteiger partial charge in [-0.05, 0) is 37.1 Å². The lowest BCUT2D eigenvalue weighted by Crippen LogP contribution is -2.42. The van der Waals surface area contributed by atoms with Crippen LogP contribution in [0.25, 0.3) is 10.8 Å². The average molecular weight is 634 g/mol. The second kappa shape index (κ2) is 12.9. The van der Waals surface area contributed by atoms with Gasteiger partial charge in [-0.3, -0.25) is 23.7 Å². The molecular weight excluding hydrogens is 596 g/mol. The minimum atomic E-state index is -4.39. The van der Waals surface area contributed by atoms with E-state index in [0.717, 1.165) is 22.8 Å². The Bertz CT molecular complexity index is 1660. The summed E-state index contributed by atoms with van der Waals surface area (Å²) in [5, 5.41) is 15.2. The van der Waals surface area contributed by atoms with E-state index < -0.39 is 60.9 Å². The van der Waals surface area contributed by atoms with E-state index in [-0.39, 0.29) is 24.7 Å². The van der Waals surface area contributed by atoms with Gasteiger partial charge in [-0.15, -0.1) is 0 Å². The zero-order valence-corrected chi connectivity index (χ0v) is 25.6. The third kappa shape index (κ3) is 6.82. The van der Waals surface area contributed by atoms with Crippen LogP contribution in [0.5, 0.6) is 5.75 Å². The van der Waals surface area contributed by atoms with Gasteiger partial charge in [0.05, 0.1) is 18.9 Å². The van der Waals surface area contributed by atoms with Gasteiger partial charge in [0.15, 0.2) is 0 Å². The van der Waals surface area contributed by atoms with Gasteiger partial charge in [-0.25, -0.2) is 9.36 Å². The molecule has 2 heterocycles. The first kappa shape index (κ1) is 32.1. The fourth-order valence-corrected chi connectivity index (χ4v) is 7.29. The largest absolute Gasteiger partial charge is 0.464 e. The normalized spacial score (nSPS) is 22.9. The molecule has 2 aliphatic rings. The van der Waals surface area contributed by atoms with Crippen molar-refractivity contribution in [3.05, 3.63) is 75.3 Å². The standard InChI is InChI=1S/C30H37FN3O9P/c1-4-19(5-2)17-40-28(37)18(3)33-44(39,42-24-12-8-10-20-9-6-7-11-21(20)24)43-30(13-14-30)26-23(35)15-25(41-26)34-16-22(31)27(36)32-29(34)38/h6-12,16,18-19,23,25-26,35H,4-5,13-15,17H2,1-3H3,(H,33,39)(H,32,36,38)/t18-,23?,25+,26-,44+/m0/s1. The van der Waals surface area contributed by atoms with E-state index in [9.17, 15) is 28.4 Å². The number of nitrogens with zero attached hydrogens (tertiary/aromatic N) is 1. The number of halogens is 1. The SMILES string of the molecule is CCC(CC)COC(=O)[C@H](C)N[P@@](=O)(Oc1cccc2ccccc12)OC1([C@H]2O[C@@H](n3cc(F)c(=O)[nH]c3=O)CC2O)CC1. The van der Waals surface area contributed by atoms with E-state index in [1.54, 1.807) is 24.3 Å². The molecule has 12 nitrogen and oxygen atoms in total. The van der Waals surface area contributed by atoms with Crippen LogP contribution in [0.15, 0.2) is 58.3 Å². The first-order chi connectivity index (χ1) is 21.0. The Morgan fingerprint density at radius 1 is 1.20 bits per heavy atom. The van der Waals surface area contributed by atoms with Gasteiger partial charge in [0.1, 0.15) is 29.7 Å². The van der Waals surface area contributed by atoms with Gasteiger partial charge < -0.3 is 19.1 Å². The Labute approximate surface area is 253 Å². The summed E-state index contributed by atoms with van der Waals surface area (Å²) in [6.45, 7) is 5.72. The van der Waals surface area contributed by atoms with Gasteiger partial charge in [0.2, 0.25) is 5.82 Å². The van der Waals surface area contributed by atoms with Crippen molar-refractivity contribution in [1.82, 2.24) is 14.6 Å². The smallest absolute Gasteiger partial charge is 0.460 e. The zero-order valence-electron chi connectivity index (χ0n) is 24.7. The molecule has 44 heavy (non-hydrogen) atoms. The minimum absolute atomic E-state index is 0.123. The Morgan fingerprint density at radius 3 is 2.61 bits per heavy atom. The van der Waals surface area contributed by atoms with Crippen LogP contribution in [-0.4, -0.2) is 51.1 Å². The van der Waals surface area contributed by atoms with Crippen LogP contribution in [0, 0.1) is 11.7 Å². The lowest BCUT2D eigenvalue weighted by atomic mass is 10.1. The Hall–Kier alpha value is -3.35. The van der Waals surface area contributed by atoms with Gasteiger partial charge in [-0.1, -0.05) is 63.1 Å². The Kier molecular flexibility index (Phi) is 9.43. The van der Waals surface area contributed by atoms with E-state index in [0.29, 0.717) is 24.4 Å². The summed E-state index contributed by atoms with van der Waals surface area (Å²) in [5.41, 5.74) is -3.40. The van der Waals surface area contributed by atoms with Crippen LogP contribution in [0.2, 0.25) is 0 Å². The van der Waals surface area contributed by atoms with Crippen LogP contribution < -0.4 is 20.9 Å². The number of hydrogen-bond donors (Lipinski definition) is 3. The highest BCUT2D eigenvalue weighted by atomic mass is 31.2. The average Bonchev–Trinajstić information content (AvgIpc) is 3.65. The maximum atomic E-state index is 14.6. The molecule has 3 N–H and O–H groups in total. The third-order valence-corrected chi connectivity index (χ3v) is 9.93. The lowest BCUT2D eigenvalue weighted by molar-refractivity contribution is -0.146. The number of nitrogens with one attached hydrogen (secondary N) is 2. The number of esters is 1. The highest BCUT2D eigenvalue weighted by Crippen LogP contribution is 2.60. The van der Waals surface area contributed by atoms with Gasteiger partial charge in [0, 0.05) is 11.8 Å². The van der Waals surface area contributed by atoms with Crippen molar-refractivity contribution in [2.75, 3.05) is 6.61 Å². The second-order valence-electron chi connectivity index (χ2n) is 11.3. The number of hydrogen-bond acceptors (Lipinski definition) is 9. The minimum Gasteiger partial charge on any atom is -0.464 e. The first-order valence-corrected chi connectivity index (χ1v) is 16.3. The number of aliphatic hydroxyl groups is 1. The highest BCUT2D eigenvalue weighted by Gasteiger charge is 2.61. The maximum absolute atomic E-state index is 14.6. The molecule has 0 spiro atoms. The number of aliphatic hydroxyl groups excluding tert-OH is 1. The van der Waals surface area contributed by atoms with Crippen LogP contribution in [0.1, 0.15) is 59.1 Å². The molecule has 0 bridgehead atoms. The number of carbonyl (C=O) groups excluding carboxylic acids is 1. The molecule has 0 radical (unpaired) electrons. The van der Waals surface area contributed by atoms with Crippen LogP contribution in [0.3, 0.4) is 0 Å². The Balaban J connectivity index is 1.41. The molecule has 1 unspecified atom stereocenters. The number of H-pyrrole nitrogens is 1. The molecule has 5 rings (SSSR count). The number of rotatable bonds is 13. The fourth-order valence-electron chi connectivity index (χ4n) is 5.38. The summed E-state index contributed by atoms with van der Waals surface area (Å²) >= 11 is 0. The summed E-state index contributed by atoms with van der Waals surface area (Å²) < 4.78 is 53.1. The summed E-state index contributed by atoms with van der Waals surface area (Å²) in [6.07, 6.45) is -0.516. The van der Waals surface area contributed by atoms with Crippen molar-refractivity contribution >= 4 is 24.5 Å². The van der Waals surface area contributed by atoms with Crippen LogP contribution in [-0.2, 0) is 23.4 Å². The molecule has 1 saturated carbocycles. The molecule has 0 amide bonds. The maximum Gasteiger partial charge on any atom is 0.460 e. The number of benzene rings is 2. The molecule has 238 valence electrons. The number of ether oxygens (including phenoxy) is 2. The number of carbonyl (C=O) groups is 1. The number of aromatic amines is 1. The van der Waals surface area contributed by atoms with E-state index in [1.807, 2.05) is 37.0 Å². The molecule has 1 saturated heterocycles. The molecule has 2 fully saturated rings. The summed E-state index contributed by atoms with van der Waals surface area (Å²) in [7, 11) is -4.39. The molecular formula is C30H37FN3O9P.